The maximum Gasteiger partial charge on any atom is 0.243 e. The molecular weight excluding hydrogens is 381 g/mol. The lowest BCUT2D eigenvalue weighted by Crippen LogP contribution is -2.43. The van der Waals surface area contributed by atoms with Gasteiger partial charge >= 0.3 is 0 Å². The van der Waals surface area contributed by atoms with Gasteiger partial charge in [-0.25, -0.2) is 21.6 Å². The molecule has 1 fully saturated rings. The summed E-state index contributed by atoms with van der Waals surface area (Å²) in [6, 6.07) is 7.61. The topological polar surface area (TPSA) is 66.5 Å². The predicted octanol–water partition coefficient (Wildman–Crippen LogP) is 3.14. The Morgan fingerprint density at radius 1 is 1.04 bits per heavy atom. The molecule has 0 unspecified atom stereocenters. The number of carbonyl (C=O) groups excluding carboxylic acids is 1. The van der Waals surface area contributed by atoms with Gasteiger partial charge in [0, 0.05) is 13.1 Å². The van der Waals surface area contributed by atoms with Crippen LogP contribution in [0.1, 0.15) is 12.8 Å². The number of para-hydroxylation sites is 1. The lowest BCUT2D eigenvalue weighted by atomic mass is 9.98. The number of hydrogen-bond donors (Lipinski definition) is 1. The normalized spacial score (nSPS) is 18.3. The second-order valence-corrected chi connectivity index (χ2v) is 8.18. The second kappa shape index (κ2) is 7.69. The van der Waals surface area contributed by atoms with E-state index in [1.54, 1.807) is 0 Å². The summed E-state index contributed by atoms with van der Waals surface area (Å²) < 4.78 is 66.9. The van der Waals surface area contributed by atoms with Crippen LogP contribution in [-0.4, -0.2) is 31.7 Å². The second-order valence-electron chi connectivity index (χ2n) is 6.24. The molecule has 1 aliphatic rings. The van der Waals surface area contributed by atoms with Crippen molar-refractivity contribution in [3.8, 4) is 0 Å². The first kappa shape index (κ1) is 19.4. The number of anilines is 1. The summed E-state index contributed by atoms with van der Waals surface area (Å²) in [5, 5.41) is 2.21. The van der Waals surface area contributed by atoms with Crippen molar-refractivity contribution in [2.75, 3.05) is 18.4 Å². The molecule has 1 N–H and O–H groups in total. The molecule has 1 atom stereocenters. The zero-order valence-corrected chi connectivity index (χ0v) is 15.0. The minimum absolute atomic E-state index is 0.0786. The van der Waals surface area contributed by atoms with Crippen LogP contribution in [0.3, 0.4) is 0 Å². The molecule has 0 aliphatic carbocycles. The van der Waals surface area contributed by atoms with E-state index in [9.17, 15) is 26.4 Å². The van der Waals surface area contributed by atoms with Gasteiger partial charge in [-0.05, 0) is 49.2 Å². The standard InChI is InChI=1S/C18H17F3N2O3S/c19-13-6-8-14(9-7-13)27(25,26)23-10-2-3-12(11-23)18(24)22-17-15(20)4-1-5-16(17)21/h1,4-9,12H,2-3,10-11H2,(H,22,24)/t12-/m0/s1. The van der Waals surface area contributed by atoms with Crippen LogP contribution in [0, 0.1) is 23.4 Å². The van der Waals surface area contributed by atoms with Crippen molar-refractivity contribution in [1.29, 1.82) is 0 Å². The van der Waals surface area contributed by atoms with Gasteiger partial charge in [0.25, 0.3) is 0 Å². The number of rotatable bonds is 4. The average molecular weight is 398 g/mol. The third-order valence-corrected chi connectivity index (χ3v) is 6.30. The third kappa shape index (κ3) is 4.14. The number of benzene rings is 2. The Hall–Kier alpha value is -2.39. The minimum Gasteiger partial charge on any atom is -0.321 e. The van der Waals surface area contributed by atoms with Crippen molar-refractivity contribution in [3.63, 3.8) is 0 Å². The van der Waals surface area contributed by atoms with E-state index in [4.69, 9.17) is 0 Å². The molecule has 2 aromatic carbocycles. The van der Waals surface area contributed by atoms with E-state index in [0.29, 0.717) is 12.8 Å². The highest BCUT2D eigenvalue weighted by molar-refractivity contribution is 7.89. The fraction of sp³-hybridized carbons (Fsp3) is 0.278. The van der Waals surface area contributed by atoms with Crippen molar-refractivity contribution in [2.24, 2.45) is 5.92 Å². The van der Waals surface area contributed by atoms with Crippen LogP contribution < -0.4 is 5.32 Å². The average Bonchev–Trinajstić information content (AvgIpc) is 2.65. The van der Waals surface area contributed by atoms with Gasteiger partial charge in [0.1, 0.15) is 23.1 Å². The van der Waals surface area contributed by atoms with Crippen molar-refractivity contribution in [2.45, 2.75) is 17.7 Å². The maximum absolute atomic E-state index is 13.7. The van der Waals surface area contributed by atoms with Crippen molar-refractivity contribution in [1.82, 2.24) is 4.31 Å². The number of halogens is 3. The Morgan fingerprint density at radius 3 is 2.30 bits per heavy atom. The zero-order chi connectivity index (χ0) is 19.6. The Bertz CT molecular complexity index is 929. The summed E-state index contributed by atoms with van der Waals surface area (Å²) in [7, 11) is -3.90. The fourth-order valence-corrected chi connectivity index (χ4v) is 4.50. The molecule has 5 nitrogen and oxygen atoms in total. The summed E-state index contributed by atoms with van der Waals surface area (Å²) in [6.45, 7) is 0.0825. The van der Waals surface area contributed by atoms with E-state index in [-0.39, 0.29) is 18.0 Å². The smallest absolute Gasteiger partial charge is 0.243 e. The minimum atomic E-state index is -3.90. The molecule has 27 heavy (non-hydrogen) atoms. The summed E-state index contributed by atoms with van der Waals surface area (Å²) in [5.41, 5.74) is -0.555. The first-order valence-corrected chi connectivity index (χ1v) is 9.73. The molecule has 0 spiro atoms. The number of hydrogen-bond acceptors (Lipinski definition) is 3. The number of piperidine rings is 1. The monoisotopic (exact) mass is 398 g/mol. The summed E-state index contributed by atoms with van der Waals surface area (Å²) in [5.74, 6) is -3.78. The van der Waals surface area contributed by atoms with Crippen LogP contribution in [-0.2, 0) is 14.8 Å². The van der Waals surface area contributed by atoms with Gasteiger partial charge in [-0.15, -0.1) is 0 Å². The van der Waals surface area contributed by atoms with E-state index >= 15 is 0 Å². The van der Waals surface area contributed by atoms with Crippen molar-refractivity contribution in [3.05, 3.63) is 59.9 Å². The molecule has 1 saturated heterocycles. The van der Waals surface area contributed by atoms with E-state index in [0.717, 1.165) is 40.7 Å². The molecule has 1 aliphatic heterocycles. The molecule has 2 aromatic rings. The largest absolute Gasteiger partial charge is 0.321 e. The van der Waals surface area contributed by atoms with E-state index in [1.165, 1.54) is 6.07 Å². The first-order chi connectivity index (χ1) is 12.8. The third-order valence-electron chi connectivity index (χ3n) is 4.42. The number of nitrogens with one attached hydrogen (secondary N) is 1. The molecular formula is C18H17F3N2O3S. The molecule has 9 heteroatoms. The highest BCUT2D eigenvalue weighted by atomic mass is 32.2. The quantitative estimate of drug-likeness (QED) is 0.861. The molecule has 1 amide bonds. The molecule has 0 saturated carbocycles. The maximum atomic E-state index is 13.7. The highest BCUT2D eigenvalue weighted by Gasteiger charge is 2.33. The molecule has 3 rings (SSSR count). The predicted molar refractivity (Wildman–Crippen MR) is 92.9 cm³/mol. The van der Waals surface area contributed by atoms with Crippen LogP contribution in [0.5, 0.6) is 0 Å². The number of amides is 1. The Kier molecular flexibility index (Phi) is 5.52. The van der Waals surface area contributed by atoms with Crippen LogP contribution >= 0.6 is 0 Å². The summed E-state index contributed by atoms with van der Waals surface area (Å²) in [4.78, 5) is 12.3. The first-order valence-electron chi connectivity index (χ1n) is 8.29. The molecule has 144 valence electrons. The summed E-state index contributed by atoms with van der Waals surface area (Å²) in [6.07, 6.45) is 0.801. The van der Waals surface area contributed by atoms with Crippen LogP contribution in [0.15, 0.2) is 47.4 Å². The van der Waals surface area contributed by atoms with E-state index < -0.39 is 45.0 Å². The van der Waals surface area contributed by atoms with Gasteiger partial charge < -0.3 is 5.32 Å². The van der Waals surface area contributed by atoms with Crippen molar-refractivity contribution < 1.29 is 26.4 Å². The van der Waals surface area contributed by atoms with Gasteiger partial charge in [-0.1, -0.05) is 6.07 Å². The number of carbonyl (C=O) groups is 1. The lowest BCUT2D eigenvalue weighted by Gasteiger charge is -2.31. The Labute approximate surface area is 154 Å². The molecule has 1 heterocycles. The van der Waals surface area contributed by atoms with Gasteiger partial charge in [0.2, 0.25) is 15.9 Å². The molecule has 0 radical (unpaired) electrons. The van der Waals surface area contributed by atoms with Gasteiger partial charge in [0.15, 0.2) is 0 Å². The van der Waals surface area contributed by atoms with Crippen LogP contribution in [0.2, 0.25) is 0 Å². The van der Waals surface area contributed by atoms with Crippen LogP contribution in [0.25, 0.3) is 0 Å². The highest BCUT2D eigenvalue weighted by Crippen LogP contribution is 2.26. The van der Waals surface area contributed by atoms with Gasteiger partial charge in [0.05, 0.1) is 10.8 Å². The van der Waals surface area contributed by atoms with E-state index in [2.05, 4.69) is 5.32 Å². The Morgan fingerprint density at radius 2 is 1.67 bits per heavy atom. The van der Waals surface area contributed by atoms with Crippen molar-refractivity contribution >= 4 is 21.6 Å². The van der Waals surface area contributed by atoms with E-state index in [1.807, 2.05) is 0 Å². The number of nitrogens with zero attached hydrogens (tertiary/aromatic N) is 1. The lowest BCUT2D eigenvalue weighted by molar-refractivity contribution is -0.120. The zero-order valence-electron chi connectivity index (χ0n) is 14.2. The SMILES string of the molecule is O=C(Nc1c(F)cccc1F)[C@H]1CCCN(S(=O)(=O)c2ccc(F)cc2)C1. The van der Waals surface area contributed by atoms with Gasteiger partial charge in [-0.3, -0.25) is 4.79 Å². The van der Waals surface area contributed by atoms with Gasteiger partial charge in [-0.2, -0.15) is 4.31 Å². The summed E-state index contributed by atoms with van der Waals surface area (Å²) >= 11 is 0. The Balaban J connectivity index is 1.75. The molecule has 0 bridgehead atoms. The molecule has 0 aromatic heterocycles. The van der Waals surface area contributed by atoms with Crippen LogP contribution in [0.4, 0.5) is 18.9 Å². The number of sulfonamides is 1. The fourth-order valence-electron chi connectivity index (χ4n) is 2.97.